The number of hydrogen-bond acceptors (Lipinski definition) is 4. The number of aromatic nitrogens is 2. The molecule has 0 saturated heterocycles. The maximum absolute atomic E-state index is 11.4. The molecule has 0 saturated carbocycles. The van der Waals surface area contributed by atoms with E-state index in [-0.39, 0.29) is 5.97 Å². The highest BCUT2D eigenvalue weighted by Crippen LogP contribution is 2.26. The molecule has 1 heterocycles. The van der Waals surface area contributed by atoms with Crippen LogP contribution in [0.25, 0.3) is 11.1 Å². The second kappa shape index (κ2) is 4.29. The van der Waals surface area contributed by atoms with Gasteiger partial charge in [0.1, 0.15) is 0 Å². The molecule has 5 heteroatoms. The average Bonchev–Trinajstić information content (AvgIpc) is 2.75. The van der Waals surface area contributed by atoms with Crippen molar-refractivity contribution in [1.29, 1.82) is 0 Å². The van der Waals surface area contributed by atoms with E-state index in [1.54, 1.807) is 29.1 Å². The average molecular weight is 231 g/mol. The van der Waals surface area contributed by atoms with E-state index in [1.807, 2.05) is 13.2 Å². The SMILES string of the molecule is COC(=O)c1ccc(N)c(-c2cnn(C)c2)c1. The molecule has 2 rings (SSSR count). The van der Waals surface area contributed by atoms with Gasteiger partial charge in [-0.25, -0.2) is 4.79 Å². The number of methoxy groups -OCH3 is 1. The maximum atomic E-state index is 11.4. The van der Waals surface area contributed by atoms with Gasteiger partial charge in [0.15, 0.2) is 0 Å². The molecule has 88 valence electrons. The maximum Gasteiger partial charge on any atom is 0.337 e. The highest BCUT2D eigenvalue weighted by molar-refractivity contribution is 5.92. The summed E-state index contributed by atoms with van der Waals surface area (Å²) in [4.78, 5) is 11.4. The number of hydrogen-bond donors (Lipinski definition) is 1. The quantitative estimate of drug-likeness (QED) is 0.627. The van der Waals surface area contributed by atoms with E-state index in [1.165, 1.54) is 7.11 Å². The Morgan fingerprint density at radius 2 is 2.24 bits per heavy atom. The Morgan fingerprint density at radius 3 is 2.82 bits per heavy atom. The van der Waals surface area contributed by atoms with Crippen LogP contribution in [0.3, 0.4) is 0 Å². The molecule has 1 aromatic carbocycles. The van der Waals surface area contributed by atoms with Gasteiger partial charge < -0.3 is 10.5 Å². The van der Waals surface area contributed by atoms with Crippen LogP contribution < -0.4 is 5.73 Å². The minimum atomic E-state index is -0.379. The van der Waals surface area contributed by atoms with E-state index in [4.69, 9.17) is 5.73 Å². The van der Waals surface area contributed by atoms with Crippen LogP contribution in [0.15, 0.2) is 30.6 Å². The van der Waals surface area contributed by atoms with Gasteiger partial charge in [0.25, 0.3) is 0 Å². The van der Waals surface area contributed by atoms with Gasteiger partial charge in [-0.15, -0.1) is 0 Å². The largest absolute Gasteiger partial charge is 0.465 e. The van der Waals surface area contributed by atoms with E-state index < -0.39 is 0 Å². The molecule has 2 N–H and O–H groups in total. The summed E-state index contributed by atoms with van der Waals surface area (Å²) in [5, 5.41) is 4.07. The van der Waals surface area contributed by atoms with Crippen molar-refractivity contribution in [2.24, 2.45) is 7.05 Å². The third-order valence-corrected chi connectivity index (χ3v) is 2.49. The number of nitrogens with two attached hydrogens (primary N) is 1. The first-order valence-electron chi connectivity index (χ1n) is 5.08. The van der Waals surface area contributed by atoms with Gasteiger partial charge in [0.05, 0.1) is 18.9 Å². The van der Waals surface area contributed by atoms with Crippen molar-refractivity contribution in [3.63, 3.8) is 0 Å². The summed E-state index contributed by atoms with van der Waals surface area (Å²) in [5.41, 5.74) is 8.61. The van der Waals surface area contributed by atoms with E-state index >= 15 is 0 Å². The van der Waals surface area contributed by atoms with Crippen LogP contribution in [0.1, 0.15) is 10.4 Å². The van der Waals surface area contributed by atoms with Crippen molar-refractivity contribution < 1.29 is 9.53 Å². The molecule has 0 atom stereocenters. The Hall–Kier alpha value is -2.30. The smallest absolute Gasteiger partial charge is 0.337 e. The fourth-order valence-corrected chi connectivity index (χ4v) is 1.61. The molecule has 0 unspecified atom stereocenters. The first-order valence-corrected chi connectivity index (χ1v) is 5.08. The lowest BCUT2D eigenvalue weighted by Gasteiger charge is -2.05. The van der Waals surface area contributed by atoms with Crippen LogP contribution in [0.5, 0.6) is 0 Å². The topological polar surface area (TPSA) is 70.1 Å². The normalized spacial score (nSPS) is 10.2. The number of esters is 1. The summed E-state index contributed by atoms with van der Waals surface area (Å²) in [5.74, 6) is -0.379. The molecule has 0 aliphatic carbocycles. The fraction of sp³-hybridized carbons (Fsp3) is 0.167. The lowest BCUT2D eigenvalue weighted by atomic mass is 10.0. The number of ether oxygens (including phenoxy) is 1. The van der Waals surface area contributed by atoms with Crippen LogP contribution in [0.2, 0.25) is 0 Å². The third-order valence-electron chi connectivity index (χ3n) is 2.49. The number of benzene rings is 1. The zero-order valence-corrected chi connectivity index (χ0v) is 9.68. The van der Waals surface area contributed by atoms with Crippen molar-refractivity contribution in [3.8, 4) is 11.1 Å². The molecule has 0 spiro atoms. The molecule has 0 amide bonds. The number of aryl methyl sites for hydroxylation is 1. The van der Waals surface area contributed by atoms with Crippen molar-refractivity contribution in [2.45, 2.75) is 0 Å². The Labute approximate surface area is 98.8 Å². The summed E-state index contributed by atoms with van der Waals surface area (Å²) in [7, 11) is 3.17. The van der Waals surface area contributed by atoms with Gasteiger partial charge in [-0.1, -0.05) is 0 Å². The van der Waals surface area contributed by atoms with Crippen molar-refractivity contribution in [2.75, 3.05) is 12.8 Å². The zero-order chi connectivity index (χ0) is 12.4. The number of anilines is 1. The second-order valence-corrected chi connectivity index (χ2v) is 3.70. The Balaban J connectivity index is 2.49. The third kappa shape index (κ3) is 2.13. The molecule has 0 radical (unpaired) electrons. The van der Waals surface area contributed by atoms with Gasteiger partial charge in [0, 0.05) is 30.1 Å². The highest BCUT2D eigenvalue weighted by Gasteiger charge is 2.10. The molecular weight excluding hydrogens is 218 g/mol. The minimum Gasteiger partial charge on any atom is -0.465 e. The molecule has 0 aliphatic rings. The number of carbonyl (C=O) groups excluding carboxylic acids is 1. The molecule has 17 heavy (non-hydrogen) atoms. The second-order valence-electron chi connectivity index (χ2n) is 3.70. The van der Waals surface area contributed by atoms with Gasteiger partial charge >= 0.3 is 5.97 Å². The predicted molar refractivity (Wildman–Crippen MR) is 64.4 cm³/mol. The molecule has 0 fully saturated rings. The van der Waals surface area contributed by atoms with E-state index in [0.717, 1.165) is 11.1 Å². The Morgan fingerprint density at radius 1 is 1.47 bits per heavy atom. The van der Waals surface area contributed by atoms with Crippen LogP contribution in [-0.4, -0.2) is 22.9 Å². The van der Waals surface area contributed by atoms with E-state index in [2.05, 4.69) is 9.84 Å². The van der Waals surface area contributed by atoms with Crippen LogP contribution in [0, 0.1) is 0 Å². The summed E-state index contributed by atoms with van der Waals surface area (Å²) < 4.78 is 6.35. The molecule has 5 nitrogen and oxygen atoms in total. The predicted octanol–water partition coefficient (Wildman–Crippen LogP) is 1.46. The Kier molecular flexibility index (Phi) is 2.82. The van der Waals surface area contributed by atoms with Crippen molar-refractivity contribution >= 4 is 11.7 Å². The fourth-order valence-electron chi connectivity index (χ4n) is 1.61. The Bertz CT molecular complexity index is 561. The number of nitrogen functional groups attached to an aromatic ring is 1. The lowest BCUT2D eigenvalue weighted by Crippen LogP contribution is -2.02. The number of carbonyl (C=O) groups is 1. The summed E-state index contributed by atoms with van der Waals surface area (Å²) in [6.45, 7) is 0. The molecule has 1 aromatic heterocycles. The van der Waals surface area contributed by atoms with Crippen molar-refractivity contribution in [1.82, 2.24) is 9.78 Å². The lowest BCUT2D eigenvalue weighted by molar-refractivity contribution is 0.0601. The molecular formula is C12H13N3O2. The summed E-state index contributed by atoms with van der Waals surface area (Å²) in [6.07, 6.45) is 3.54. The number of nitrogens with zero attached hydrogens (tertiary/aromatic N) is 2. The number of rotatable bonds is 2. The van der Waals surface area contributed by atoms with Crippen molar-refractivity contribution in [3.05, 3.63) is 36.2 Å². The van der Waals surface area contributed by atoms with Gasteiger partial charge in [0.2, 0.25) is 0 Å². The van der Waals surface area contributed by atoms with Gasteiger partial charge in [-0.2, -0.15) is 5.10 Å². The molecule has 0 aliphatic heterocycles. The first-order chi connectivity index (χ1) is 8.11. The standard InChI is InChI=1S/C12H13N3O2/c1-15-7-9(6-14-15)10-5-8(12(16)17-2)3-4-11(10)13/h3-7H,13H2,1-2H3. The summed E-state index contributed by atoms with van der Waals surface area (Å²) >= 11 is 0. The minimum absolute atomic E-state index is 0.379. The van der Waals surface area contributed by atoms with Crippen LogP contribution in [0.4, 0.5) is 5.69 Å². The van der Waals surface area contributed by atoms with Gasteiger partial charge in [-0.3, -0.25) is 4.68 Å². The molecule has 2 aromatic rings. The van der Waals surface area contributed by atoms with Gasteiger partial charge in [-0.05, 0) is 18.2 Å². The van der Waals surface area contributed by atoms with Crippen LogP contribution in [-0.2, 0) is 11.8 Å². The first kappa shape index (κ1) is 11.2. The van der Waals surface area contributed by atoms with E-state index in [0.29, 0.717) is 11.3 Å². The van der Waals surface area contributed by atoms with Crippen LogP contribution >= 0.6 is 0 Å². The zero-order valence-electron chi connectivity index (χ0n) is 9.68. The van der Waals surface area contributed by atoms with E-state index in [9.17, 15) is 4.79 Å². The highest BCUT2D eigenvalue weighted by atomic mass is 16.5. The monoisotopic (exact) mass is 231 g/mol. The summed E-state index contributed by atoms with van der Waals surface area (Å²) in [6, 6.07) is 5.04. The molecule has 0 bridgehead atoms.